The molecule has 1 N–H and O–H groups in total. The number of nitrogens with zero attached hydrogens (tertiary/aromatic N) is 1. The van der Waals surface area contributed by atoms with E-state index in [1.165, 1.54) is 11.8 Å². The van der Waals surface area contributed by atoms with Gasteiger partial charge in [0.15, 0.2) is 0 Å². The minimum Gasteiger partial charge on any atom is -0.457 e. The van der Waals surface area contributed by atoms with Gasteiger partial charge in [-0.2, -0.15) is 0 Å². The highest BCUT2D eigenvalue weighted by Crippen LogP contribution is 2.33. The number of ether oxygens (including phenoxy) is 1. The first-order valence-electron chi connectivity index (χ1n) is 12.9. The summed E-state index contributed by atoms with van der Waals surface area (Å²) in [6, 6.07) is 39.8. The third-order valence-corrected chi connectivity index (χ3v) is 9.00. The normalized spacial score (nSPS) is 11.0. The van der Waals surface area contributed by atoms with Crippen LogP contribution in [-0.4, -0.2) is 20.9 Å². The molecule has 0 heterocycles. The van der Waals surface area contributed by atoms with E-state index < -0.39 is 22.5 Å². The quantitative estimate of drug-likeness (QED) is 0.183. The van der Waals surface area contributed by atoms with Gasteiger partial charge in [-0.25, -0.2) is 8.42 Å². The fourth-order valence-electron chi connectivity index (χ4n) is 4.05. The van der Waals surface area contributed by atoms with E-state index in [4.69, 9.17) is 4.74 Å². The third kappa shape index (κ3) is 7.16. The fraction of sp³-hybridized carbons (Fsp3) is 0.0606. The molecule has 0 bridgehead atoms. The number of anilines is 2. The van der Waals surface area contributed by atoms with E-state index in [9.17, 15) is 13.2 Å². The highest BCUT2D eigenvalue weighted by Gasteiger charge is 2.27. The maximum Gasteiger partial charge on any atom is 0.264 e. The molecule has 0 saturated carbocycles. The topological polar surface area (TPSA) is 75.7 Å². The van der Waals surface area contributed by atoms with E-state index in [-0.39, 0.29) is 4.90 Å². The van der Waals surface area contributed by atoms with Gasteiger partial charge in [0.2, 0.25) is 5.91 Å². The number of carbonyl (C=O) groups excluding carboxylic acids is 1. The summed E-state index contributed by atoms with van der Waals surface area (Å²) < 4.78 is 34.6. The largest absolute Gasteiger partial charge is 0.457 e. The van der Waals surface area contributed by atoms with E-state index in [2.05, 4.69) is 5.32 Å². The molecule has 206 valence electrons. The maximum atomic E-state index is 13.8. The van der Waals surface area contributed by atoms with Crippen LogP contribution in [0.15, 0.2) is 148 Å². The van der Waals surface area contributed by atoms with E-state index in [0.717, 1.165) is 19.7 Å². The smallest absolute Gasteiger partial charge is 0.264 e. The number of para-hydroxylation sites is 2. The van der Waals surface area contributed by atoms with Crippen molar-refractivity contribution in [2.75, 3.05) is 16.2 Å². The molecule has 0 saturated heterocycles. The molecule has 5 aromatic carbocycles. The van der Waals surface area contributed by atoms with Crippen LogP contribution in [0.5, 0.6) is 11.5 Å². The van der Waals surface area contributed by atoms with Crippen LogP contribution >= 0.6 is 11.8 Å². The summed E-state index contributed by atoms with van der Waals surface area (Å²) in [5.41, 5.74) is 1.88. The molecule has 5 rings (SSSR count). The molecule has 0 unspecified atom stereocenters. The summed E-state index contributed by atoms with van der Waals surface area (Å²) in [5.74, 6) is 0.742. The van der Waals surface area contributed by atoms with Crippen molar-refractivity contribution in [3.8, 4) is 11.5 Å². The lowest BCUT2D eigenvalue weighted by molar-refractivity contribution is -0.114. The summed E-state index contributed by atoms with van der Waals surface area (Å²) >= 11 is 1.52. The Morgan fingerprint density at radius 3 is 2.00 bits per heavy atom. The molecule has 0 aliphatic rings. The monoisotopic (exact) mass is 580 g/mol. The molecular formula is C33H28N2O4S2. The number of benzene rings is 5. The van der Waals surface area contributed by atoms with E-state index in [0.29, 0.717) is 22.9 Å². The first-order chi connectivity index (χ1) is 19.9. The standard InChI is InChI=1S/C33H28N2O4S2/c1-25-16-22-30(23-17-25)41(37,38)35(26-18-20-28(21-19-26)39-27-10-4-2-5-11-27)24-33(36)34-31-14-8-9-15-32(31)40-29-12-6-3-7-13-29/h2-23H,24H2,1H3,(H,34,36). The molecule has 8 heteroatoms. The van der Waals surface area contributed by atoms with Crippen molar-refractivity contribution < 1.29 is 17.9 Å². The Bertz CT molecular complexity index is 1710. The molecule has 6 nitrogen and oxygen atoms in total. The van der Waals surface area contributed by atoms with Gasteiger partial charge in [0.05, 0.1) is 16.3 Å². The lowest BCUT2D eigenvalue weighted by atomic mass is 10.2. The molecule has 0 spiro atoms. The van der Waals surface area contributed by atoms with E-state index in [1.54, 1.807) is 54.6 Å². The Hall–Kier alpha value is -4.53. The molecule has 0 aliphatic carbocycles. The predicted octanol–water partition coefficient (Wildman–Crippen LogP) is 7.77. The van der Waals surface area contributed by atoms with Gasteiger partial charge in [-0.05, 0) is 79.7 Å². The van der Waals surface area contributed by atoms with E-state index in [1.807, 2.05) is 85.8 Å². The number of sulfonamides is 1. The SMILES string of the molecule is Cc1ccc(S(=O)(=O)N(CC(=O)Nc2ccccc2Sc2ccccc2)c2ccc(Oc3ccccc3)cc2)cc1. The van der Waals surface area contributed by atoms with Gasteiger partial charge in [-0.3, -0.25) is 9.10 Å². The summed E-state index contributed by atoms with van der Waals surface area (Å²) in [7, 11) is -4.06. The number of hydrogen-bond donors (Lipinski definition) is 1. The van der Waals surface area contributed by atoms with Crippen LogP contribution in [0.1, 0.15) is 5.56 Å². The lowest BCUT2D eigenvalue weighted by Crippen LogP contribution is -2.38. The Labute approximate surface area is 244 Å². The molecule has 0 aliphatic heterocycles. The minimum atomic E-state index is -4.06. The number of amides is 1. The van der Waals surface area contributed by atoms with Crippen LogP contribution < -0.4 is 14.4 Å². The van der Waals surface area contributed by atoms with Crippen LogP contribution in [0.4, 0.5) is 11.4 Å². The Balaban J connectivity index is 1.41. The number of aryl methyl sites for hydroxylation is 1. The second-order valence-corrected chi connectivity index (χ2v) is 12.2. The number of rotatable bonds is 10. The van der Waals surface area contributed by atoms with Crippen molar-refractivity contribution in [2.24, 2.45) is 0 Å². The molecule has 0 atom stereocenters. The minimum absolute atomic E-state index is 0.0977. The summed E-state index contributed by atoms with van der Waals surface area (Å²) in [6.07, 6.45) is 0. The molecule has 0 radical (unpaired) electrons. The van der Waals surface area contributed by atoms with Gasteiger partial charge >= 0.3 is 0 Å². The molecule has 0 aromatic heterocycles. The predicted molar refractivity (Wildman–Crippen MR) is 164 cm³/mol. The highest BCUT2D eigenvalue weighted by molar-refractivity contribution is 7.99. The summed E-state index contributed by atoms with van der Waals surface area (Å²) in [4.78, 5) is 15.4. The number of carbonyl (C=O) groups is 1. The van der Waals surface area contributed by atoms with Crippen molar-refractivity contribution in [3.05, 3.63) is 139 Å². The second kappa shape index (κ2) is 12.8. The second-order valence-electron chi connectivity index (χ2n) is 9.19. The van der Waals surface area contributed by atoms with Gasteiger partial charge in [0, 0.05) is 9.79 Å². The lowest BCUT2D eigenvalue weighted by Gasteiger charge is -2.24. The average Bonchev–Trinajstić information content (AvgIpc) is 2.99. The molecule has 0 fully saturated rings. The van der Waals surface area contributed by atoms with Gasteiger partial charge in [0.25, 0.3) is 10.0 Å². The van der Waals surface area contributed by atoms with Crippen LogP contribution in [0.2, 0.25) is 0 Å². The van der Waals surface area contributed by atoms with Crippen LogP contribution in [0.3, 0.4) is 0 Å². The zero-order valence-corrected chi connectivity index (χ0v) is 23.9. The Morgan fingerprint density at radius 1 is 0.732 bits per heavy atom. The third-order valence-electron chi connectivity index (χ3n) is 6.13. The summed E-state index contributed by atoms with van der Waals surface area (Å²) in [6.45, 7) is 1.47. The average molecular weight is 581 g/mol. The van der Waals surface area contributed by atoms with Gasteiger partial charge in [-0.1, -0.05) is 78.0 Å². The fourth-order valence-corrected chi connectivity index (χ4v) is 6.40. The first-order valence-corrected chi connectivity index (χ1v) is 15.2. The number of nitrogens with one attached hydrogen (secondary N) is 1. The molecular weight excluding hydrogens is 553 g/mol. The van der Waals surface area contributed by atoms with Crippen LogP contribution in [0, 0.1) is 6.92 Å². The van der Waals surface area contributed by atoms with Gasteiger partial charge in [0.1, 0.15) is 18.0 Å². The Kier molecular flexibility index (Phi) is 8.72. The molecule has 5 aromatic rings. The molecule has 1 amide bonds. The van der Waals surface area contributed by atoms with Crippen molar-refractivity contribution in [1.82, 2.24) is 0 Å². The molecule has 41 heavy (non-hydrogen) atoms. The highest BCUT2D eigenvalue weighted by atomic mass is 32.2. The van der Waals surface area contributed by atoms with Gasteiger partial charge in [-0.15, -0.1) is 0 Å². The van der Waals surface area contributed by atoms with Crippen molar-refractivity contribution in [1.29, 1.82) is 0 Å². The zero-order valence-electron chi connectivity index (χ0n) is 22.3. The first kappa shape index (κ1) is 28.0. The van der Waals surface area contributed by atoms with Crippen molar-refractivity contribution >= 4 is 39.1 Å². The van der Waals surface area contributed by atoms with Crippen LogP contribution in [0.25, 0.3) is 0 Å². The van der Waals surface area contributed by atoms with E-state index >= 15 is 0 Å². The van der Waals surface area contributed by atoms with Crippen molar-refractivity contribution in [3.63, 3.8) is 0 Å². The maximum absolute atomic E-state index is 13.8. The van der Waals surface area contributed by atoms with Crippen LogP contribution in [-0.2, 0) is 14.8 Å². The zero-order chi connectivity index (χ0) is 28.7. The Morgan fingerprint density at radius 2 is 1.32 bits per heavy atom. The van der Waals surface area contributed by atoms with Gasteiger partial charge < -0.3 is 10.1 Å². The summed E-state index contributed by atoms with van der Waals surface area (Å²) in [5, 5.41) is 2.92. The van der Waals surface area contributed by atoms with Crippen molar-refractivity contribution in [2.45, 2.75) is 21.6 Å². The number of hydrogen-bond acceptors (Lipinski definition) is 5.